The Morgan fingerprint density at radius 2 is 2.00 bits per heavy atom. The van der Waals surface area contributed by atoms with E-state index in [1.54, 1.807) is 7.11 Å². The molecule has 0 aliphatic heterocycles. The highest BCUT2D eigenvalue weighted by Crippen LogP contribution is 2.15. The molecule has 0 aliphatic rings. The first-order chi connectivity index (χ1) is 8.13. The summed E-state index contributed by atoms with van der Waals surface area (Å²) in [5.74, 6) is 1.09. The number of aromatic nitrogens is 2. The van der Waals surface area contributed by atoms with E-state index in [1.165, 1.54) is 0 Å². The molecule has 1 heterocycles. The molecule has 0 atom stereocenters. The van der Waals surface area contributed by atoms with E-state index < -0.39 is 0 Å². The van der Waals surface area contributed by atoms with Crippen LogP contribution in [0.1, 0.15) is 31.3 Å². The van der Waals surface area contributed by atoms with Crippen molar-refractivity contribution in [3.8, 4) is 0 Å². The molecule has 0 aliphatic carbocycles. The summed E-state index contributed by atoms with van der Waals surface area (Å²) in [6, 6.07) is 1.81. The lowest BCUT2D eigenvalue weighted by Gasteiger charge is -2.08. The van der Waals surface area contributed by atoms with Crippen LogP contribution in [0.5, 0.6) is 0 Å². The van der Waals surface area contributed by atoms with Gasteiger partial charge in [0, 0.05) is 19.2 Å². The lowest BCUT2D eigenvalue weighted by atomic mass is 10.1. The van der Waals surface area contributed by atoms with Gasteiger partial charge in [0.1, 0.15) is 11.0 Å². The Morgan fingerprint density at radius 3 is 2.65 bits per heavy atom. The Bertz CT molecular complexity index is 345. The Labute approximate surface area is 107 Å². The normalized spacial score (nSPS) is 11.1. The molecule has 0 spiro atoms. The predicted octanol–water partition coefficient (Wildman–Crippen LogP) is 2.46. The maximum atomic E-state index is 5.94. The number of rotatable bonds is 7. The van der Waals surface area contributed by atoms with Crippen LogP contribution >= 0.6 is 11.6 Å². The first-order valence-corrected chi connectivity index (χ1v) is 6.11. The molecule has 1 rings (SSSR count). The van der Waals surface area contributed by atoms with E-state index in [0.29, 0.717) is 37.3 Å². The summed E-state index contributed by atoms with van der Waals surface area (Å²) >= 11 is 5.94. The van der Waals surface area contributed by atoms with Crippen LogP contribution in [0.3, 0.4) is 0 Å². The van der Waals surface area contributed by atoms with E-state index in [2.05, 4.69) is 23.8 Å². The Morgan fingerprint density at radius 1 is 1.24 bits per heavy atom. The molecule has 0 bridgehead atoms. The van der Waals surface area contributed by atoms with Gasteiger partial charge in [-0.3, -0.25) is 0 Å². The molecule has 1 aromatic heterocycles. The zero-order valence-corrected chi connectivity index (χ0v) is 11.3. The monoisotopic (exact) mass is 258 g/mol. The third-order valence-electron chi connectivity index (χ3n) is 2.25. The van der Waals surface area contributed by atoms with Crippen molar-refractivity contribution < 1.29 is 9.47 Å². The highest BCUT2D eigenvalue weighted by molar-refractivity contribution is 6.29. The van der Waals surface area contributed by atoms with E-state index in [1.807, 2.05) is 6.07 Å². The number of nitrogens with zero attached hydrogens (tertiary/aromatic N) is 2. The van der Waals surface area contributed by atoms with Gasteiger partial charge in [0.2, 0.25) is 0 Å². The van der Waals surface area contributed by atoms with Gasteiger partial charge in [-0.15, -0.1) is 0 Å². The largest absolute Gasteiger partial charge is 0.382 e. The molecule has 0 aromatic carbocycles. The van der Waals surface area contributed by atoms with Crippen LogP contribution in [0.2, 0.25) is 5.15 Å². The van der Waals surface area contributed by atoms with Crippen LogP contribution in [-0.2, 0) is 15.9 Å². The molecular formula is C12H19ClN2O2. The van der Waals surface area contributed by atoms with Crippen LogP contribution in [-0.4, -0.2) is 36.9 Å². The van der Waals surface area contributed by atoms with Crippen molar-refractivity contribution in [1.29, 1.82) is 0 Å². The second-order valence-corrected chi connectivity index (χ2v) is 4.43. The van der Waals surface area contributed by atoms with Gasteiger partial charge in [-0.1, -0.05) is 25.4 Å². The first kappa shape index (κ1) is 14.4. The minimum Gasteiger partial charge on any atom is -0.382 e. The molecule has 0 N–H and O–H groups in total. The molecule has 0 saturated carbocycles. The summed E-state index contributed by atoms with van der Waals surface area (Å²) in [5, 5.41) is 0.496. The lowest BCUT2D eigenvalue weighted by Crippen LogP contribution is -2.08. The van der Waals surface area contributed by atoms with Gasteiger partial charge in [-0.05, 0) is 12.0 Å². The van der Waals surface area contributed by atoms with Crippen molar-refractivity contribution >= 4 is 11.6 Å². The van der Waals surface area contributed by atoms with E-state index in [4.69, 9.17) is 21.1 Å². The fourth-order valence-corrected chi connectivity index (χ4v) is 1.51. The van der Waals surface area contributed by atoms with E-state index >= 15 is 0 Å². The van der Waals surface area contributed by atoms with Crippen molar-refractivity contribution in [2.45, 2.75) is 26.2 Å². The van der Waals surface area contributed by atoms with E-state index in [0.717, 1.165) is 11.5 Å². The number of methoxy groups -OCH3 is 1. The molecule has 1 aromatic rings. The van der Waals surface area contributed by atoms with Gasteiger partial charge in [0.05, 0.1) is 19.8 Å². The molecule has 17 heavy (non-hydrogen) atoms. The molecule has 96 valence electrons. The van der Waals surface area contributed by atoms with Crippen molar-refractivity contribution in [2.24, 2.45) is 0 Å². The third-order valence-corrected chi connectivity index (χ3v) is 2.45. The predicted molar refractivity (Wildman–Crippen MR) is 67.5 cm³/mol. The zero-order valence-electron chi connectivity index (χ0n) is 10.6. The van der Waals surface area contributed by atoms with Crippen LogP contribution in [0, 0.1) is 0 Å². The highest BCUT2D eigenvalue weighted by atomic mass is 35.5. The summed E-state index contributed by atoms with van der Waals surface area (Å²) in [6.07, 6.45) is 0.671. The highest BCUT2D eigenvalue weighted by Gasteiger charge is 2.06. The standard InChI is InChI=1S/C12H19ClN2O2/c1-9(2)10-8-11(13)15-12(14-10)4-5-17-7-6-16-3/h8-9H,4-7H2,1-3H3. The van der Waals surface area contributed by atoms with Crippen LogP contribution in [0.15, 0.2) is 6.07 Å². The summed E-state index contributed by atoms with van der Waals surface area (Å²) in [5.41, 5.74) is 0.969. The number of ether oxygens (including phenoxy) is 2. The van der Waals surface area contributed by atoms with Gasteiger partial charge < -0.3 is 9.47 Å². The SMILES string of the molecule is COCCOCCc1nc(Cl)cc(C(C)C)n1. The van der Waals surface area contributed by atoms with Crippen LogP contribution in [0.25, 0.3) is 0 Å². The van der Waals surface area contributed by atoms with Gasteiger partial charge in [0.15, 0.2) is 0 Å². The Kier molecular flexibility index (Phi) is 6.40. The average Bonchev–Trinajstić information content (AvgIpc) is 2.28. The van der Waals surface area contributed by atoms with Gasteiger partial charge >= 0.3 is 0 Å². The minimum atomic E-state index is 0.351. The maximum absolute atomic E-state index is 5.94. The maximum Gasteiger partial charge on any atom is 0.133 e. The number of hydrogen-bond acceptors (Lipinski definition) is 4. The average molecular weight is 259 g/mol. The molecule has 4 nitrogen and oxygen atoms in total. The van der Waals surface area contributed by atoms with Crippen molar-refractivity contribution in [3.63, 3.8) is 0 Å². The lowest BCUT2D eigenvalue weighted by molar-refractivity contribution is 0.0716. The van der Waals surface area contributed by atoms with Crippen molar-refractivity contribution in [2.75, 3.05) is 26.9 Å². The molecule has 5 heteroatoms. The minimum absolute atomic E-state index is 0.351. The fraction of sp³-hybridized carbons (Fsp3) is 0.667. The molecule has 0 fully saturated rings. The smallest absolute Gasteiger partial charge is 0.133 e. The Balaban J connectivity index is 2.47. The molecule has 0 amide bonds. The van der Waals surface area contributed by atoms with Gasteiger partial charge in [0.25, 0.3) is 0 Å². The first-order valence-electron chi connectivity index (χ1n) is 5.73. The quantitative estimate of drug-likeness (QED) is 0.557. The second-order valence-electron chi connectivity index (χ2n) is 4.04. The molecule has 0 radical (unpaired) electrons. The fourth-order valence-electron chi connectivity index (χ4n) is 1.30. The topological polar surface area (TPSA) is 44.2 Å². The third kappa shape index (κ3) is 5.44. The summed E-state index contributed by atoms with van der Waals surface area (Å²) in [7, 11) is 1.65. The summed E-state index contributed by atoms with van der Waals surface area (Å²) in [4.78, 5) is 8.62. The summed E-state index contributed by atoms with van der Waals surface area (Å²) in [6.45, 7) is 5.94. The van der Waals surface area contributed by atoms with Crippen molar-refractivity contribution in [1.82, 2.24) is 9.97 Å². The Hall–Kier alpha value is -0.710. The van der Waals surface area contributed by atoms with Crippen LogP contribution in [0.4, 0.5) is 0 Å². The van der Waals surface area contributed by atoms with Crippen molar-refractivity contribution in [3.05, 3.63) is 22.7 Å². The summed E-state index contributed by atoms with van der Waals surface area (Å²) < 4.78 is 10.3. The zero-order chi connectivity index (χ0) is 12.7. The number of hydrogen-bond donors (Lipinski definition) is 0. The second kappa shape index (κ2) is 7.58. The van der Waals surface area contributed by atoms with Crippen LogP contribution < -0.4 is 0 Å². The van der Waals surface area contributed by atoms with Gasteiger partial charge in [-0.2, -0.15) is 0 Å². The molecule has 0 saturated heterocycles. The van der Waals surface area contributed by atoms with Gasteiger partial charge in [-0.25, -0.2) is 9.97 Å². The number of halogens is 1. The molecular weight excluding hydrogens is 240 g/mol. The van der Waals surface area contributed by atoms with E-state index in [-0.39, 0.29) is 0 Å². The molecule has 0 unspecified atom stereocenters. The van der Waals surface area contributed by atoms with E-state index in [9.17, 15) is 0 Å².